The van der Waals surface area contributed by atoms with E-state index in [2.05, 4.69) is 0 Å². The molecule has 0 radical (unpaired) electrons. The maximum absolute atomic E-state index is 10.4. The first-order valence-corrected chi connectivity index (χ1v) is 4.71. The minimum Gasteiger partial charge on any atom is -0.550 e. The van der Waals surface area contributed by atoms with Crippen LogP contribution < -0.4 is 5.11 Å². The second-order valence-corrected chi connectivity index (χ2v) is 3.70. The van der Waals surface area contributed by atoms with Crippen molar-refractivity contribution in [3.05, 3.63) is 0 Å². The SMILES string of the molecule is COC1OC(CC(=O)[O-])C(C)C(O)C1O. The van der Waals surface area contributed by atoms with Crippen molar-refractivity contribution in [2.75, 3.05) is 7.11 Å². The van der Waals surface area contributed by atoms with Crippen LogP contribution in [0.1, 0.15) is 13.3 Å². The Morgan fingerprint density at radius 2 is 2.07 bits per heavy atom. The van der Waals surface area contributed by atoms with E-state index in [1.807, 2.05) is 0 Å². The van der Waals surface area contributed by atoms with Crippen molar-refractivity contribution < 1.29 is 29.6 Å². The molecule has 88 valence electrons. The average molecular weight is 219 g/mol. The monoisotopic (exact) mass is 219 g/mol. The van der Waals surface area contributed by atoms with E-state index in [4.69, 9.17) is 9.47 Å². The standard InChI is InChI=1S/C9H16O6/c1-4-5(3-6(10)11)15-9(14-2)8(13)7(4)12/h4-5,7-9,12-13H,3H2,1-2H3,(H,10,11)/p-1. The fourth-order valence-electron chi connectivity index (χ4n) is 1.66. The summed E-state index contributed by atoms with van der Waals surface area (Å²) in [5.74, 6) is -1.74. The molecule has 1 rings (SSSR count). The Labute approximate surface area is 87.4 Å². The summed E-state index contributed by atoms with van der Waals surface area (Å²) in [6, 6.07) is 0. The van der Waals surface area contributed by atoms with Crippen LogP contribution in [0.3, 0.4) is 0 Å². The van der Waals surface area contributed by atoms with Gasteiger partial charge in [0.15, 0.2) is 6.29 Å². The van der Waals surface area contributed by atoms with Gasteiger partial charge in [-0.2, -0.15) is 0 Å². The summed E-state index contributed by atoms with van der Waals surface area (Å²) < 4.78 is 9.98. The van der Waals surface area contributed by atoms with Gasteiger partial charge >= 0.3 is 0 Å². The quantitative estimate of drug-likeness (QED) is 0.561. The zero-order chi connectivity index (χ0) is 11.6. The van der Waals surface area contributed by atoms with Crippen LogP contribution in [0.15, 0.2) is 0 Å². The summed E-state index contributed by atoms with van der Waals surface area (Å²) in [5, 5.41) is 29.5. The second-order valence-electron chi connectivity index (χ2n) is 3.70. The molecule has 0 aromatic rings. The molecule has 0 aromatic heterocycles. The average Bonchev–Trinajstić information content (AvgIpc) is 2.18. The first-order valence-electron chi connectivity index (χ1n) is 4.71. The van der Waals surface area contributed by atoms with Crippen molar-refractivity contribution in [1.29, 1.82) is 0 Å². The molecule has 1 heterocycles. The molecule has 15 heavy (non-hydrogen) atoms. The lowest BCUT2D eigenvalue weighted by atomic mass is 9.89. The predicted octanol–water partition coefficient (Wildman–Crippen LogP) is -2.14. The molecule has 0 amide bonds. The number of aliphatic hydroxyl groups excluding tert-OH is 2. The highest BCUT2D eigenvalue weighted by atomic mass is 16.7. The van der Waals surface area contributed by atoms with E-state index >= 15 is 0 Å². The zero-order valence-electron chi connectivity index (χ0n) is 8.62. The van der Waals surface area contributed by atoms with Gasteiger partial charge in [0.05, 0.1) is 12.2 Å². The van der Waals surface area contributed by atoms with Gasteiger partial charge in [-0.05, 0) is 0 Å². The van der Waals surface area contributed by atoms with E-state index in [-0.39, 0.29) is 6.42 Å². The number of aliphatic carboxylic acids is 1. The summed E-state index contributed by atoms with van der Waals surface area (Å²) in [6.45, 7) is 1.60. The highest BCUT2D eigenvalue weighted by Crippen LogP contribution is 2.27. The molecule has 0 bridgehead atoms. The summed E-state index contributed by atoms with van der Waals surface area (Å²) in [6.07, 6.45) is -4.26. The van der Waals surface area contributed by atoms with Crippen molar-refractivity contribution >= 4 is 5.97 Å². The van der Waals surface area contributed by atoms with Crippen LogP contribution >= 0.6 is 0 Å². The van der Waals surface area contributed by atoms with Crippen molar-refractivity contribution in [3.63, 3.8) is 0 Å². The first kappa shape index (κ1) is 12.4. The third kappa shape index (κ3) is 2.66. The van der Waals surface area contributed by atoms with Gasteiger partial charge in [0.1, 0.15) is 6.10 Å². The summed E-state index contributed by atoms with van der Waals surface area (Å²) in [4.78, 5) is 10.4. The van der Waals surface area contributed by atoms with Gasteiger partial charge in [0, 0.05) is 25.4 Å². The van der Waals surface area contributed by atoms with E-state index in [0.717, 1.165) is 0 Å². The summed E-state index contributed by atoms with van der Waals surface area (Å²) >= 11 is 0. The Morgan fingerprint density at radius 1 is 1.47 bits per heavy atom. The number of methoxy groups -OCH3 is 1. The Morgan fingerprint density at radius 3 is 2.53 bits per heavy atom. The number of ether oxygens (including phenoxy) is 2. The molecule has 0 aromatic carbocycles. The highest BCUT2D eigenvalue weighted by Gasteiger charge is 2.42. The smallest absolute Gasteiger partial charge is 0.185 e. The lowest BCUT2D eigenvalue weighted by molar-refractivity contribution is -0.317. The number of hydrogen-bond acceptors (Lipinski definition) is 6. The van der Waals surface area contributed by atoms with Crippen LogP contribution in [0, 0.1) is 5.92 Å². The molecule has 0 spiro atoms. The maximum Gasteiger partial charge on any atom is 0.185 e. The normalized spacial score (nSPS) is 41.5. The Balaban J connectivity index is 2.69. The molecule has 2 N–H and O–H groups in total. The molecule has 1 saturated heterocycles. The van der Waals surface area contributed by atoms with E-state index in [1.165, 1.54) is 7.11 Å². The number of carbonyl (C=O) groups is 1. The third-order valence-corrected chi connectivity index (χ3v) is 2.66. The van der Waals surface area contributed by atoms with E-state index in [9.17, 15) is 20.1 Å². The topological polar surface area (TPSA) is 99.1 Å². The molecular formula is C9H15O6-. The van der Waals surface area contributed by atoms with Crippen LogP contribution in [0.4, 0.5) is 0 Å². The number of carbonyl (C=O) groups excluding carboxylic acids is 1. The van der Waals surface area contributed by atoms with Crippen molar-refractivity contribution in [2.45, 2.75) is 37.9 Å². The lowest BCUT2D eigenvalue weighted by Crippen LogP contribution is -2.55. The highest BCUT2D eigenvalue weighted by molar-refractivity contribution is 5.65. The van der Waals surface area contributed by atoms with E-state index in [0.29, 0.717) is 0 Å². The number of carboxylic acid groups (broad SMARTS) is 1. The van der Waals surface area contributed by atoms with Crippen LogP contribution in [0.25, 0.3) is 0 Å². The molecule has 5 atom stereocenters. The van der Waals surface area contributed by atoms with Crippen LogP contribution in [0.2, 0.25) is 0 Å². The first-order chi connectivity index (χ1) is 6.97. The molecule has 5 unspecified atom stereocenters. The molecule has 0 aliphatic carbocycles. The van der Waals surface area contributed by atoms with Gasteiger partial charge in [-0.3, -0.25) is 0 Å². The molecule has 1 aliphatic rings. The van der Waals surface area contributed by atoms with Gasteiger partial charge in [-0.25, -0.2) is 0 Å². The Bertz CT molecular complexity index is 229. The van der Waals surface area contributed by atoms with Gasteiger partial charge in [0.2, 0.25) is 0 Å². The molecule has 6 nitrogen and oxygen atoms in total. The molecule has 1 aliphatic heterocycles. The Hall–Kier alpha value is -0.690. The van der Waals surface area contributed by atoms with Crippen molar-refractivity contribution in [3.8, 4) is 0 Å². The molecular weight excluding hydrogens is 204 g/mol. The van der Waals surface area contributed by atoms with Gasteiger partial charge < -0.3 is 29.6 Å². The summed E-state index contributed by atoms with van der Waals surface area (Å²) in [7, 11) is 1.31. The fraction of sp³-hybridized carbons (Fsp3) is 0.889. The number of rotatable bonds is 3. The Kier molecular flexibility index (Phi) is 4.04. The second kappa shape index (κ2) is 4.89. The van der Waals surface area contributed by atoms with Crippen LogP contribution in [-0.2, 0) is 14.3 Å². The van der Waals surface area contributed by atoms with Gasteiger partial charge in [-0.15, -0.1) is 0 Å². The van der Waals surface area contributed by atoms with Gasteiger partial charge in [0.25, 0.3) is 0 Å². The maximum atomic E-state index is 10.4. The molecule has 6 heteroatoms. The van der Waals surface area contributed by atoms with Crippen molar-refractivity contribution in [2.24, 2.45) is 5.92 Å². The predicted molar refractivity (Wildman–Crippen MR) is 46.5 cm³/mol. The van der Waals surface area contributed by atoms with E-state index in [1.54, 1.807) is 6.92 Å². The fourth-order valence-corrected chi connectivity index (χ4v) is 1.66. The number of carboxylic acids is 1. The lowest BCUT2D eigenvalue weighted by Gasteiger charge is -2.41. The van der Waals surface area contributed by atoms with Gasteiger partial charge in [-0.1, -0.05) is 6.92 Å². The van der Waals surface area contributed by atoms with Crippen LogP contribution in [-0.4, -0.2) is 47.9 Å². The largest absolute Gasteiger partial charge is 0.550 e. The minimum atomic E-state index is -1.26. The number of aliphatic hydroxyl groups is 2. The number of hydrogen-bond donors (Lipinski definition) is 2. The third-order valence-electron chi connectivity index (χ3n) is 2.66. The zero-order valence-corrected chi connectivity index (χ0v) is 8.62. The van der Waals surface area contributed by atoms with Crippen molar-refractivity contribution in [1.82, 2.24) is 0 Å². The minimum absolute atomic E-state index is 0.329. The summed E-state index contributed by atoms with van der Waals surface area (Å²) in [5.41, 5.74) is 0. The van der Waals surface area contributed by atoms with E-state index < -0.39 is 36.5 Å². The molecule has 1 fully saturated rings. The van der Waals surface area contributed by atoms with Crippen LogP contribution in [0.5, 0.6) is 0 Å². The molecule has 0 saturated carbocycles.